The van der Waals surface area contributed by atoms with Gasteiger partial charge >= 0.3 is 0 Å². The normalized spacial score (nSPS) is 12.9. The molecule has 0 fully saturated rings. The van der Waals surface area contributed by atoms with Crippen LogP contribution in [0.1, 0.15) is 96.3 Å². The van der Waals surface area contributed by atoms with Crippen LogP contribution >= 0.6 is 0 Å². The van der Waals surface area contributed by atoms with Crippen molar-refractivity contribution in [3.05, 3.63) is 137 Å². The summed E-state index contributed by atoms with van der Waals surface area (Å²) in [6.07, 6.45) is 12.5. The van der Waals surface area contributed by atoms with E-state index in [0.29, 0.717) is 0 Å². The second kappa shape index (κ2) is 22.4. The van der Waals surface area contributed by atoms with Gasteiger partial charge in [0.25, 0.3) is 0 Å². The highest BCUT2D eigenvalue weighted by Gasteiger charge is 2.23. The van der Waals surface area contributed by atoms with Crippen molar-refractivity contribution in [1.29, 1.82) is 0 Å². The Morgan fingerprint density at radius 3 is 1.98 bits per heavy atom. The van der Waals surface area contributed by atoms with Crippen LogP contribution in [0.15, 0.2) is 125 Å². The number of fused-ring (bicyclic) bond motifs is 2. The summed E-state index contributed by atoms with van der Waals surface area (Å²) in [5.41, 5.74) is 30.5. The molecule has 0 saturated carbocycles. The zero-order valence-corrected chi connectivity index (χ0v) is 37.3. The van der Waals surface area contributed by atoms with Crippen molar-refractivity contribution < 1.29 is 9.88 Å². The number of aryl methyl sites for hydroxylation is 3. The van der Waals surface area contributed by atoms with E-state index in [-0.39, 0.29) is 0 Å². The molecular formula is C52H68N8+2. The van der Waals surface area contributed by atoms with Gasteiger partial charge in [-0.1, -0.05) is 95.9 Å². The third-order valence-electron chi connectivity index (χ3n) is 10.9. The number of aliphatic imine (C=N–C) groups is 1. The number of nitrogen functional groups attached to an aromatic ring is 2. The number of nitrogens with zero attached hydrogens (tertiary/aromatic N) is 3. The Labute approximate surface area is 358 Å². The first-order chi connectivity index (χ1) is 29.2. The Hall–Kier alpha value is -5.99. The van der Waals surface area contributed by atoms with Crippen LogP contribution < -0.4 is 32.0 Å². The summed E-state index contributed by atoms with van der Waals surface area (Å²) in [5, 5.41) is 9.57. The third-order valence-corrected chi connectivity index (χ3v) is 10.9. The molecule has 7 rings (SSSR count). The van der Waals surface area contributed by atoms with Gasteiger partial charge in [-0.25, -0.2) is 9.98 Å². The summed E-state index contributed by atoms with van der Waals surface area (Å²) in [5.74, 6) is 0. The average molecular weight is 805 g/mol. The number of hydrogen-bond donors (Lipinski definition) is 5. The Morgan fingerprint density at radius 1 is 0.683 bits per heavy atom. The molecule has 0 spiro atoms. The average Bonchev–Trinajstić information content (AvgIpc) is 3.26. The van der Waals surface area contributed by atoms with Gasteiger partial charge in [-0.3, -0.25) is 5.32 Å². The number of unbranched alkanes of at least 4 members (excludes halogenated alkanes) is 5. The Bertz CT molecular complexity index is 2430. The van der Waals surface area contributed by atoms with Crippen LogP contribution in [0.3, 0.4) is 0 Å². The summed E-state index contributed by atoms with van der Waals surface area (Å²) in [6.45, 7) is 18.4. The van der Waals surface area contributed by atoms with E-state index < -0.39 is 0 Å². The summed E-state index contributed by atoms with van der Waals surface area (Å²) in [6, 6.07) is 33.4. The summed E-state index contributed by atoms with van der Waals surface area (Å²) >= 11 is 0. The van der Waals surface area contributed by atoms with Crippen LogP contribution in [0, 0.1) is 20.8 Å². The first-order valence-electron chi connectivity index (χ1n) is 22.1. The summed E-state index contributed by atoms with van der Waals surface area (Å²) in [4.78, 5) is 10.1. The number of benzene rings is 5. The van der Waals surface area contributed by atoms with Gasteiger partial charge in [0.1, 0.15) is 22.4 Å². The molecule has 0 atom stereocenters. The highest BCUT2D eigenvalue weighted by molar-refractivity contribution is 6.00. The van der Waals surface area contributed by atoms with Gasteiger partial charge in [-0.2, -0.15) is 0 Å². The van der Waals surface area contributed by atoms with Crippen LogP contribution in [0.4, 0.5) is 34.1 Å². The van der Waals surface area contributed by atoms with E-state index in [0.717, 1.165) is 105 Å². The van der Waals surface area contributed by atoms with Crippen molar-refractivity contribution in [2.24, 2.45) is 4.99 Å². The fraction of sp³-hybridized carbons (Fsp3) is 0.327. The molecule has 8 nitrogen and oxygen atoms in total. The summed E-state index contributed by atoms with van der Waals surface area (Å²) in [7, 11) is 0. The number of quaternary nitrogens is 1. The molecule has 1 heterocycles. The van der Waals surface area contributed by atoms with Crippen molar-refractivity contribution in [1.82, 2.24) is 10.3 Å². The van der Waals surface area contributed by atoms with Crippen molar-refractivity contribution in [2.45, 2.75) is 100 Å². The molecule has 8 heteroatoms. The molecule has 8 N–H and O–H groups in total. The molecule has 6 aromatic rings. The quantitative estimate of drug-likeness (QED) is 0.0306. The first-order valence-corrected chi connectivity index (χ1v) is 22.1. The minimum atomic E-state index is 0.777. The maximum absolute atomic E-state index is 6.40. The third kappa shape index (κ3) is 11.4. The van der Waals surface area contributed by atoms with E-state index in [1.807, 2.05) is 65.8 Å². The lowest BCUT2D eigenvalue weighted by molar-refractivity contribution is -0.538. The zero-order chi connectivity index (χ0) is 43.0. The monoisotopic (exact) mass is 805 g/mol. The highest BCUT2D eigenvalue weighted by atomic mass is 15.0. The molecule has 0 aliphatic heterocycles. The van der Waals surface area contributed by atoms with E-state index in [2.05, 4.69) is 119 Å². The van der Waals surface area contributed by atoms with Crippen molar-refractivity contribution in [2.75, 3.05) is 29.9 Å². The zero-order valence-electron chi connectivity index (χ0n) is 37.3. The van der Waals surface area contributed by atoms with Crippen LogP contribution in [-0.4, -0.2) is 23.8 Å². The Kier molecular flexibility index (Phi) is 16.8. The number of hydrogen-bond acceptors (Lipinski definition) is 6. The molecule has 5 aromatic carbocycles. The molecule has 0 saturated heterocycles. The molecule has 1 aromatic heterocycles. The van der Waals surface area contributed by atoms with Crippen LogP contribution in [-0.2, 0) is 0 Å². The largest absolute Gasteiger partial charge is 0.398 e. The Morgan fingerprint density at radius 2 is 1.30 bits per heavy atom. The van der Waals surface area contributed by atoms with E-state index in [1.54, 1.807) is 0 Å². The van der Waals surface area contributed by atoms with Gasteiger partial charge in [0, 0.05) is 77.8 Å². The standard InChI is InChI=1S/C48H54N8.2C2H6/c1-32-28-44(45(30-39(32)49)53-36-17-11-9-12-18-36)54-37-21-22-41(34(3)27-37)51-25-15-7-5-6-8-16-26-52-42-23-24-43-48(35(42)4)56(38-19-13-10-14-20-38)47-31-40(50)33(2)29-46(47)55-43;2*1-2/h9-14,17-20,22-24,27-31,51,53H,5-8,15-16,21,25-26,49H2,1-4H3,(H2,50,52);2*1-2H3/p+2. The topological polar surface area (TPSA) is 122 Å². The maximum Gasteiger partial charge on any atom is 0.242 e. The highest BCUT2D eigenvalue weighted by Crippen LogP contribution is 2.30. The number of rotatable bonds is 15. The molecule has 60 heavy (non-hydrogen) atoms. The maximum atomic E-state index is 6.40. The molecule has 1 aliphatic carbocycles. The minimum Gasteiger partial charge on any atom is -0.398 e. The molecule has 0 unspecified atom stereocenters. The van der Waals surface area contributed by atoms with Gasteiger partial charge < -0.3 is 22.1 Å². The second-order valence-corrected chi connectivity index (χ2v) is 15.1. The predicted molar refractivity (Wildman–Crippen MR) is 258 cm³/mol. The fourth-order valence-electron chi connectivity index (χ4n) is 7.58. The van der Waals surface area contributed by atoms with Gasteiger partial charge in [-0.15, -0.1) is 4.57 Å². The predicted octanol–water partition coefficient (Wildman–Crippen LogP) is 11.7. The van der Waals surface area contributed by atoms with Gasteiger partial charge in [-0.05, 0) is 99.7 Å². The number of nitrogens with one attached hydrogen (secondary N) is 2. The van der Waals surface area contributed by atoms with Crippen LogP contribution in [0.2, 0.25) is 0 Å². The van der Waals surface area contributed by atoms with Crippen LogP contribution in [0.5, 0.6) is 0 Å². The van der Waals surface area contributed by atoms with Crippen LogP contribution in [0.25, 0.3) is 27.8 Å². The van der Waals surface area contributed by atoms with Gasteiger partial charge in [0.15, 0.2) is 5.69 Å². The van der Waals surface area contributed by atoms with Crippen molar-refractivity contribution in [3.8, 4) is 5.69 Å². The number of aromatic nitrogens is 2. The minimum absolute atomic E-state index is 0.777. The second-order valence-electron chi connectivity index (χ2n) is 15.1. The molecule has 1 aliphatic rings. The van der Waals surface area contributed by atoms with E-state index in [1.165, 1.54) is 48.9 Å². The molecular weight excluding hydrogens is 737 g/mol. The lowest BCUT2D eigenvalue weighted by Crippen LogP contribution is -2.71. The summed E-state index contributed by atoms with van der Waals surface area (Å²) < 4.78 is 2.31. The number of para-hydroxylation sites is 2. The Balaban J connectivity index is 0.00000166. The molecule has 0 radical (unpaired) electrons. The molecule has 0 amide bonds. The number of anilines is 3. The smallest absolute Gasteiger partial charge is 0.242 e. The van der Waals surface area contributed by atoms with Gasteiger partial charge in [0.05, 0.1) is 0 Å². The van der Waals surface area contributed by atoms with Crippen molar-refractivity contribution >= 4 is 61.9 Å². The first kappa shape index (κ1) is 45.1. The number of nitrogens with two attached hydrogens (primary N) is 3. The lowest BCUT2D eigenvalue weighted by Gasteiger charge is -2.17. The van der Waals surface area contributed by atoms with E-state index >= 15 is 0 Å². The number of allylic oxidation sites excluding steroid dienone is 3. The molecule has 0 bridgehead atoms. The van der Waals surface area contributed by atoms with Crippen molar-refractivity contribution in [3.63, 3.8) is 0 Å². The lowest BCUT2D eigenvalue weighted by atomic mass is 10.0. The fourth-order valence-corrected chi connectivity index (χ4v) is 7.58. The van der Waals surface area contributed by atoms with Gasteiger partial charge in [0.2, 0.25) is 16.7 Å². The van der Waals surface area contributed by atoms with E-state index in [9.17, 15) is 0 Å². The molecule has 314 valence electrons. The SMILES string of the molecule is CC.CC.CC1=CC(=Nc2cc(C)c(N)cc2[NH2+]c2ccccc2)CC=C1NCCCCCCCCNc1ccc2nc3cc(C)c(N)cc3[n+](-c3ccccc3)c2c1C. The van der Waals surface area contributed by atoms with E-state index in [4.69, 9.17) is 21.4 Å².